The van der Waals surface area contributed by atoms with Crippen molar-refractivity contribution in [2.45, 2.75) is 13.0 Å². The van der Waals surface area contributed by atoms with Crippen molar-refractivity contribution >= 4 is 11.9 Å². The molecule has 1 aromatic heterocycles. The zero-order chi connectivity index (χ0) is 9.84. The van der Waals surface area contributed by atoms with E-state index in [4.69, 9.17) is 11.0 Å². The largest absolute Gasteiger partial charge is 0.368 e. The molecule has 0 fully saturated rings. The lowest BCUT2D eigenvalue weighted by atomic mass is 10.5. The lowest BCUT2D eigenvalue weighted by Gasteiger charge is -2.03. The monoisotopic (exact) mass is 180 g/mol. The fraction of sp³-hybridized carbons (Fsp3) is 0.571. The Morgan fingerprint density at radius 3 is 2.77 bits per heavy atom. The van der Waals surface area contributed by atoms with Gasteiger partial charge in [0.25, 0.3) is 0 Å². The second-order valence-electron chi connectivity index (χ2n) is 2.80. The van der Waals surface area contributed by atoms with Crippen LogP contribution >= 0.6 is 0 Å². The molecule has 0 bridgehead atoms. The van der Waals surface area contributed by atoms with Crippen molar-refractivity contribution in [1.29, 1.82) is 5.26 Å². The van der Waals surface area contributed by atoms with Gasteiger partial charge in [-0.05, 0) is 0 Å². The maximum atomic E-state index is 8.37. The van der Waals surface area contributed by atoms with E-state index >= 15 is 0 Å². The Bertz CT molecular complexity index is 320. The molecule has 0 atom stereocenters. The summed E-state index contributed by atoms with van der Waals surface area (Å²) in [6.07, 6.45) is 0.389. The highest BCUT2D eigenvalue weighted by Gasteiger charge is 2.07. The summed E-state index contributed by atoms with van der Waals surface area (Å²) in [4.78, 5) is 5.77. The van der Waals surface area contributed by atoms with Gasteiger partial charge >= 0.3 is 0 Å². The molecule has 6 heteroatoms. The Balaban J connectivity index is 2.79. The summed E-state index contributed by atoms with van der Waals surface area (Å²) in [5.41, 5.74) is 5.57. The molecule has 0 spiro atoms. The highest BCUT2D eigenvalue weighted by molar-refractivity contribution is 5.32. The minimum absolute atomic E-state index is 0.346. The van der Waals surface area contributed by atoms with Crippen LogP contribution < -0.4 is 10.6 Å². The van der Waals surface area contributed by atoms with Crippen LogP contribution in [0.25, 0.3) is 0 Å². The molecular weight excluding hydrogens is 168 g/mol. The van der Waals surface area contributed by atoms with E-state index in [1.807, 2.05) is 20.2 Å². The first-order chi connectivity index (χ1) is 6.15. The fourth-order valence-corrected chi connectivity index (χ4v) is 0.852. The Morgan fingerprint density at radius 2 is 2.31 bits per heavy atom. The van der Waals surface area contributed by atoms with Gasteiger partial charge in [0.2, 0.25) is 11.9 Å². The van der Waals surface area contributed by atoms with Crippen LogP contribution in [0.1, 0.15) is 6.42 Å². The van der Waals surface area contributed by atoms with Gasteiger partial charge in [0.05, 0.1) is 19.0 Å². The molecule has 1 rings (SSSR count). The first-order valence-electron chi connectivity index (χ1n) is 3.89. The Labute approximate surface area is 76.6 Å². The number of aryl methyl sites for hydroxylation is 1. The maximum Gasteiger partial charge on any atom is 0.246 e. The first-order valence-corrected chi connectivity index (χ1v) is 3.89. The third-order valence-corrected chi connectivity index (χ3v) is 1.52. The average molecular weight is 180 g/mol. The summed E-state index contributed by atoms with van der Waals surface area (Å²) in [6, 6.07) is 2.02. The molecule has 0 saturated carbocycles. The lowest BCUT2D eigenvalue weighted by Crippen LogP contribution is -2.11. The van der Waals surface area contributed by atoms with Crippen LogP contribution in [0, 0.1) is 11.3 Å². The molecule has 2 N–H and O–H groups in total. The second kappa shape index (κ2) is 3.76. The standard InChI is InChI=1S/C7H12N6/c1-12(2)7-10-6(9)13(11-7)5-3-4-8/h3,5H2,1-2H3,(H2,9,10,11). The molecule has 6 nitrogen and oxygen atoms in total. The average Bonchev–Trinajstić information content (AvgIpc) is 2.44. The van der Waals surface area contributed by atoms with Crippen LogP contribution in [0.15, 0.2) is 0 Å². The number of aromatic nitrogens is 3. The van der Waals surface area contributed by atoms with Gasteiger partial charge in [-0.3, -0.25) is 0 Å². The maximum absolute atomic E-state index is 8.37. The van der Waals surface area contributed by atoms with E-state index < -0.39 is 0 Å². The highest BCUT2D eigenvalue weighted by atomic mass is 15.4. The van der Waals surface area contributed by atoms with Crippen LogP contribution in [0.3, 0.4) is 0 Å². The van der Waals surface area contributed by atoms with Crippen LogP contribution in [-0.2, 0) is 6.54 Å². The van der Waals surface area contributed by atoms with Crippen LogP contribution in [-0.4, -0.2) is 28.9 Å². The van der Waals surface area contributed by atoms with Gasteiger partial charge in [-0.25, -0.2) is 4.68 Å². The normalized spacial score (nSPS) is 9.62. The summed E-state index contributed by atoms with van der Waals surface area (Å²) in [5.74, 6) is 0.911. The predicted octanol–water partition coefficient (Wildman–Crippen LogP) is -0.160. The van der Waals surface area contributed by atoms with E-state index in [2.05, 4.69) is 10.1 Å². The summed E-state index contributed by atoms with van der Waals surface area (Å²) < 4.78 is 1.53. The Kier molecular flexibility index (Phi) is 2.69. The number of anilines is 2. The van der Waals surface area contributed by atoms with Gasteiger partial charge in [-0.2, -0.15) is 10.2 Å². The molecule has 0 aliphatic heterocycles. The van der Waals surface area contributed by atoms with Gasteiger partial charge in [-0.15, -0.1) is 5.10 Å². The SMILES string of the molecule is CN(C)c1nc(N)n(CCC#N)n1. The molecule has 0 radical (unpaired) electrons. The molecule has 0 aliphatic carbocycles. The number of nitriles is 1. The van der Waals surface area contributed by atoms with Gasteiger partial charge < -0.3 is 10.6 Å². The van der Waals surface area contributed by atoms with Crippen molar-refractivity contribution in [2.24, 2.45) is 0 Å². The molecule has 0 amide bonds. The molecule has 0 saturated heterocycles. The molecule has 1 aromatic rings. The molecule has 0 aromatic carbocycles. The van der Waals surface area contributed by atoms with Gasteiger partial charge in [-0.1, -0.05) is 0 Å². The van der Waals surface area contributed by atoms with Crippen LogP contribution in [0.5, 0.6) is 0 Å². The summed E-state index contributed by atoms with van der Waals surface area (Å²) >= 11 is 0. The number of nitrogens with two attached hydrogens (primary N) is 1. The zero-order valence-corrected chi connectivity index (χ0v) is 7.73. The molecule has 70 valence electrons. The number of hydrogen-bond acceptors (Lipinski definition) is 5. The topological polar surface area (TPSA) is 83.8 Å². The minimum Gasteiger partial charge on any atom is -0.368 e. The van der Waals surface area contributed by atoms with E-state index in [-0.39, 0.29) is 0 Å². The highest BCUT2D eigenvalue weighted by Crippen LogP contribution is 2.07. The quantitative estimate of drug-likeness (QED) is 0.698. The second-order valence-corrected chi connectivity index (χ2v) is 2.80. The van der Waals surface area contributed by atoms with Crippen molar-refractivity contribution < 1.29 is 0 Å². The third-order valence-electron chi connectivity index (χ3n) is 1.52. The van der Waals surface area contributed by atoms with E-state index in [0.29, 0.717) is 24.9 Å². The number of rotatable bonds is 3. The lowest BCUT2D eigenvalue weighted by molar-refractivity contribution is 0.635. The smallest absolute Gasteiger partial charge is 0.246 e. The minimum atomic E-state index is 0.346. The van der Waals surface area contributed by atoms with Crippen molar-refractivity contribution in [3.05, 3.63) is 0 Å². The zero-order valence-electron chi connectivity index (χ0n) is 7.73. The molecule has 1 heterocycles. The third kappa shape index (κ3) is 2.08. The predicted molar refractivity (Wildman–Crippen MR) is 49.0 cm³/mol. The van der Waals surface area contributed by atoms with E-state index in [0.717, 1.165) is 0 Å². The first kappa shape index (κ1) is 9.32. The Morgan fingerprint density at radius 1 is 1.62 bits per heavy atom. The number of nitrogen functional groups attached to an aromatic ring is 1. The molecular formula is C7H12N6. The van der Waals surface area contributed by atoms with E-state index in [1.165, 1.54) is 4.68 Å². The fourth-order valence-electron chi connectivity index (χ4n) is 0.852. The van der Waals surface area contributed by atoms with Gasteiger partial charge in [0.15, 0.2) is 0 Å². The van der Waals surface area contributed by atoms with Gasteiger partial charge in [0, 0.05) is 14.1 Å². The molecule has 0 unspecified atom stereocenters. The van der Waals surface area contributed by atoms with Crippen molar-refractivity contribution in [3.63, 3.8) is 0 Å². The van der Waals surface area contributed by atoms with E-state index in [9.17, 15) is 0 Å². The van der Waals surface area contributed by atoms with E-state index in [1.54, 1.807) is 4.90 Å². The summed E-state index contributed by atoms with van der Waals surface area (Å²) in [6.45, 7) is 0.489. The Hall–Kier alpha value is -1.77. The van der Waals surface area contributed by atoms with Crippen molar-refractivity contribution in [2.75, 3.05) is 24.7 Å². The van der Waals surface area contributed by atoms with Crippen LogP contribution in [0.4, 0.5) is 11.9 Å². The summed E-state index contributed by atoms with van der Waals surface area (Å²) in [5, 5.41) is 12.5. The number of nitrogens with zero attached hydrogens (tertiary/aromatic N) is 5. The summed E-state index contributed by atoms with van der Waals surface area (Å²) in [7, 11) is 3.67. The van der Waals surface area contributed by atoms with Gasteiger partial charge in [0.1, 0.15) is 0 Å². The molecule has 0 aliphatic rings. The molecule has 13 heavy (non-hydrogen) atoms. The van der Waals surface area contributed by atoms with Crippen molar-refractivity contribution in [1.82, 2.24) is 14.8 Å². The number of hydrogen-bond donors (Lipinski definition) is 1. The van der Waals surface area contributed by atoms with Crippen LogP contribution in [0.2, 0.25) is 0 Å². The van der Waals surface area contributed by atoms with Crippen molar-refractivity contribution in [3.8, 4) is 6.07 Å².